The van der Waals surface area contributed by atoms with Crippen LogP contribution in [-0.2, 0) is 10.1 Å². The van der Waals surface area contributed by atoms with Crippen LogP contribution in [0.3, 0.4) is 0 Å². The zero-order valence-electron chi connectivity index (χ0n) is 6.76. The van der Waals surface area contributed by atoms with Gasteiger partial charge in [-0.05, 0) is 12.1 Å². The van der Waals surface area contributed by atoms with Crippen LogP contribution < -0.4 is 29.6 Å². The summed E-state index contributed by atoms with van der Waals surface area (Å²) in [6.45, 7) is 0. The van der Waals surface area contributed by atoms with Crippen molar-refractivity contribution in [1.82, 2.24) is 0 Å². The first-order valence-electron chi connectivity index (χ1n) is 2.89. The van der Waals surface area contributed by atoms with E-state index in [9.17, 15) is 13.0 Å². The summed E-state index contributed by atoms with van der Waals surface area (Å²) in [5.41, 5.74) is 0. The van der Waals surface area contributed by atoms with Crippen LogP contribution in [0.25, 0.3) is 0 Å². The Morgan fingerprint density at radius 2 is 1.77 bits per heavy atom. The van der Waals surface area contributed by atoms with Crippen LogP contribution in [0.4, 0.5) is 0 Å². The Kier molecular flexibility index (Phi) is 4.21. The molecule has 1 rings (SSSR count). The quantitative estimate of drug-likeness (QED) is 0.382. The molecule has 7 heteroatoms. The van der Waals surface area contributed by atoms with Gasteiger partial charge in [-0.3, -0.25) is 0 Å². The largest absolute Gasteiger partial charge is 1.00 e. The third-order valence-electron chi connectivity index (χ3n) is 1.21. The number of hydrogen-bond acceptors (Lipinski definition) is 5. The van der Waals surface area contributed by atoms with Crippen molar-refractivity contribution < 1.29 is 52.7 Å². The molecule has 1 aromatic carbocycles. The number of benzene rings is 1. The molecule has 0 fully saturated rings. The molecule has 0 saturated heterocycles. The Hall–Kier alpha value is -0.270. The molecule has 0 amide bonds. The molecule has 0 saturated carbocycles. The van der Waals surface area contributed by atoms with Gasteiger partial charge >= 0.3 is 29.6 Å². The summed E-state index contributed by atoms with van der Waals surface area (Å²) in [6.07, 6.45) is 0. The zero-order valence-corrected chi connectivity index (χ0v) is 9.58. The van der Waals surface area contributed by atoms with E-state index in [-0.39, 0.29) is 35.3 Å². The van der Waals surface area contributed by atoms with Gasteiger partial charge in [0.05, 0.1) is 4.90 Å². The predicted molar refractivity (Wildman–Crippen MR) is 37.7 cm³/mol. The van der Waals surface area contributed by atoms with E-state index in [0.29, 0.717) is 0 Å². The fourth-order valence-corrected chi connectivity index (χ4v) is 1.27. The summed E-state index contributed by atoms with van der Waals surface area (Å²) >= 11 is 0. The minimum Gasteiger partial charge on any atom is -0.744 e. The van der Waals surface area contributed by atoms with E-state index in [1.54, 1.807) is 0 Å². The Morgan fingerprint density at radius 1 is 1.23 bits per heavy atom. The fourth-order valence-electron chi connectivity index (χ4n) is 0.717. The van der Waals surface area contributed by atoms with Gasteiger partial charge in [-0.25, -0.2) is 8.42 Å². The van der Waals surface area contributed by atoms with Crippen LogP contribution in [-0.4, -0.2) is 23.2 Å². The van der Waals surface area contributed by atoms with Crippen molar-refractivity contribution in [2.75, 3.05) is 0 Å². The first-order chi connectivity index (χ1) is 5.41. The van der Waals surface area contributed by atoms with Gasteiger partial charge in [0, 0.05) is 6.07 Å². The van der Waals surface area contributed by atoms with Gasteiger partial charge in [-0.1, -0.05) is 0 Å². The van der Waals surface area contributed by atoms with Gasteiger partial charge in [0.2, 0.25) is 0 Å². The van der Waals surface area contributed by atoms with Crippen molar-refractivity contribution >= 4 is 10.1 Å². The smallest absolute Gasteiger partial charge is 0.744 e. The Morgan fingerprint density at radius 3 is 2.15 bits per heavy atom. The molecule has 0 aliphatic carbocycles. The number of aromatic hydroxyl groups is 2. The molecule has 0 aliphatic rings. The molecule has 0 bridgehead atoms. The molecule has 5 nitrogen and oxygen atoms in total. The number of hydrogen-bond donors (Lipinski definition) is 2. The van der Waals surface area contributed by atoms with Crippen LogP contribution in [0, 0.1) is 0 Å². The van der Waals surface area contributed by atoms with Crippen molar-refractivity contribution in [3.8, 4) is 11.5 Å². The monoisotopic (exact) mass is 212 g/mol. The number of phenols is 2. The van der Waals surface area contributed by atoms with Gasteiger partial charge in [0.1, 0.15) is 21.6 Å². The summed E-state index contributed by atoms with van der Waals surface area (Å²) < 4.78 is 31.1. The van der Waals surface area contributed by atoms with E-state index in [4.69, 9.17) is 10.2 Å². The molecule has 13 heavy (non-hydrogen) atoms. The third-order valence-corrected chi connectivity index (χ3v) is 2.10. The van der Waals surface area contributed by atoms with Crippen LogP contribution in [0.2, 0.25) is 0 Å². The standard InChI is InChI=1S/C6H6O5S.Na/c7-4-1-2-6(5(8)3-4)12(9,10)11;/h1-3,7-8H,(H,9,10,11);/q;+1/p-1. The summed E-state index contributed by atoms with van der Waals surface area (Å²) in [5.74, 6) is -1.05. The zero-order chi connectivity index (χ0) is 9.35. The summed E-state index contributed by atoms with van der Waals surface area (Å²) in [6, 6.07) is 2.63. The van der Waals surface area contributed by atoms with Crippen LogP contribution in [0.5, 0.6) is 11.5 Å². The molecule has 0 radical (unpaired) electrons. The van der Waals surface area contributed by atoms with E-state index in [0.717, 1.165) is 18.2 Å². The molecule has 0 aliphatic heterocycles. The molecule has 1 aromatic rings. The van der Waals surface area contributed by atoms with Crippen molar-refractivity contribution in [2.45, 2.75) is 4.90 Å². The summed E-state index contributed by atoms with van der Waals surface area (Å²) in [4.78, 5) is -0.736. The number of phenolic OH excluding ortho intramolecular Hbond substituents is 2. The second-order valence-corrected chi connectivity index (χ2v) is 3.45. The molecular weight excluding hydrogens is 207 g/mol. The average Bonchev–Trinajstić information content (AvgIpc) is 1.83. The first-order valence-corrected chi connectivity index (χ1v) is 4.30. The maximum Gasteiger partial charge on any atom is 1.00 e. The number of rotatable bonds is 1. The molecule has 0 spiro atoms. The second kappa shape index (κ2) is 4.30. The van der Waals surface area contributed by atoms with Crippen LogP contribution in [0.1, 0.15) is 0 Å². The maximum atomic E-state index is 10.4. The Balaban J connectivity index is 0.00000144. The topological polar surface area (TPSA) is 97.7 Å². The minimum absolute atomic E-state index is 0. The van der Waals surface area contributed by atoms with Crippen LogP contribution >= 0.6 is 0 Å². The van der Waals surface area contributed by atoms with Gasteiger partial charge in [-0.15, -0.1) is 0 Å². The molecule has 0 aromatic heterocycles. The molecular formula is C6H5NaO5S. The molecule has 0 atom stereocenters. The first kappa shape index (κ1) is 12.7. The summed E-state index contributed by atoms with van der Waals surface area (Å²) in [7, 11) is -4.66. The SMILES string of the molecule is O=S(=O)([O-])c1ccc(O)cc1O.[Na+]. The van der Waals surface area contributed by atoms with Gasteiger partial charge in [-0.2, -0.15) is 0 Å². The van der Waals surface area contributed by atoms with E-state index in [1.165, 1.54) is 0 Å². The van der Waals surface area contributed by atoms with Gasteiger partial charge in [0.25, 0.3) is 0 Å². The van der Waals surface area contributed by atoms with Crippen molar-refractivity contribution in [3.05, 3.63) is 18.2 Å². The van der Waals surface area contributed by atoms with Gasteiger partial charge < -0.3 is 14.8 Å². The normalized spacial score (nSPS) is 10.5. The van der Waals surface area contributed by atoms with Crippen molar-refractivity contribution in [2.24, 2.45) is 0 Å². The van der Waals surface area contributed by atoms with Gasteiger partial charge in [0.15, 0.2) is 0 Å². The average molecular weight is 212 g/mol. The Bertz CT molecular complexity index is 399. The second-order valence-electron chi connectivity index (χ2n) is 2.11. The third kappa shape index (κ3) is 3.17. The molecule has 66 valence electrons. The maximum absolute atomic E-state index is 10.4. The van der Waals surface area contributed by atoms with E-state index < -0.39 is 20.8 Å². The Labute approximate surface area is 97.1 Å². The molecule has 2 N–H and O–H groups in total. The van der Waals surface area contributed by atoms with E-state index >= 15 is 0 Å². The van der Waals surface area contributed by atoms with Crippen molar-refractivity contribution in [1.29, 1.82) is 0 Å². The van der Waals surface area contributed by atoms with Crippen LogP contribution in [0.15, 0.2) is 23.1 Å². The predicted octanol–water partition coefficient (Wildman–Crippen LogP) is -2.99. The van der Waals surface area contributed by atoms with E-state index in [2.05, 4.69) is 0 Å². The summed E-state index contributed by atoms with van der Waals surface area (Å²) in [5, 5.41) is 17.6. The molecule has 0 unspecified atom stereocenters. The fraction of sp³-hybridized carbons (Fsp3) is 0. The minimum atomic E-state index is -4.66. The van der Waals surface area contributed by atoms with E-state index in [1.807, 2.05) is 0 Å². The molecule has 0 heterocycles. The van der Waals surface area contributed by atoms with Crippen molar-refractivity contribution in [3.63, 3.8) is 0 Å².